The average Bonchev–Trinajstić information content (AvgIpc) is 2.20. The molecule has 0 atom stereocenters. The summed E-state index contributed by atoms with van der Waals surface area (Å²) in [4.78, 5) is 11.0. The van der Waals surface area contributed by atoms with Crippen molar-refractivity contribution in [3.05, 3.63) is 0 Å². The van der Waals surface area contributed by atoms with Crippen LogP contribution in [0.25, 0.3) is 0 Å². The Balaban J connectivity index is 3.11. The van der Waals surface area contributed by atoms with Crippen molar-refractivity contribution in [1.82, 2.24) is 5.32 Å². The highest BCUT2D eigenvalue weighted by Gasteiger charge is 1.97. The molecule has 14 heavy (non-hydrogen) atoms. The topological polar surface area (TPSA) is 49.3 Å². The SMILES string of the molecule is C#CCCC(=O)NCCCCCCO. The van der Waals surface area contributed by atoms with Gasteiger partial charge >= 0.3 is 0 Å². The van der Waals surface area contributed by atoms with E-state index >= 15 is 0 Å². The lowest BCUT2D eigenvalue weighted by molar-refractivity contribution is -0.120. The molecule has 0 saturated carbocycles. The molecule has 1 amide bonds. The summed E-state index contributed by atoms with van der Waals surface area (Å²) in [6.45, 7) is 0.976. The van der Waals surface area contributed by atoms with Crippen molar-refractivity contribution < 1.29 is 9.90 Å². The van der Waals surface area contributed by atoms with Gasteiger partial charge in [-0.15, -0.1) is 12.3 Å². The first-order valence-electron chi connectivity index (χ1n) is 5.12. The van der Waals surface area contributed by atoms with Crippen LogP contribution in [0.15, 0.2) is 0 Å². The highest BCUT2D eigenvalue weighted by Crippen LogP contribution is 1.97. The number of aliphatic hydroxyl groups excluding tert-OH is 1. The Morgan fingerprint density at radius 3 is 2.64 bits per heavy atom. The van der Waals surface area contributed by atoms with Crippen LogP contribution in [0.4, 0.5) is 0 Å². The maximum atomic E-state index is 11.0. The summed E-state index contributed by atoms with van der Waals surface area (Å²) in [5.41, 5.74) is 0. The monoisotopic (exact) mass is 197 g/mol. The summed E-state index contributed by atoms with van der Waals surface area (Å²) in [6.07, 6.45) is 9.87. The number of carbonyl (C=O) groups is 1. The van der Waals surface area contributed by atoms with Crippen LogP contribution in [0.2, 0.25) is 0 Å². The molecule has 0 spiro atoms. The fraction of sp³-hybridized carbons (Fsp3) is 0.727. The van der Waals surface area contributed by atoms with Gasteiger partial charge in [0, 0.05) is 26.0 Å². The number of unbranched alkanes of at least 4 members (excludes halogenated alkanes) is 3. The molecule has 0 aromatic heterocycles. The van der Waals surface area contributed by atoms with Gasteiger partial charge in [-0.2, -0.15) is 0 Å². The zero-order valence-electron chi connectivity index (χ0n) is 8.59. The zero-order chi connectivity index (χ0) is 10.6. The first-order valence-corrected chi connectivity index (χ1v) is 5.12. The number of terminal acetylenes is 1. The number of aliphatic hydroxyl groups is 1. The minimum absolute atomic E-state index is 0.0325. The third kappa shape index (κ3) is 9.08. The predicted octanol–water partition coefficient (Wildman–Crippen LogP) is 1.07. The Bertz CT molecular complexity index is 184. The molecule has 3 nitrogen and oxygen atoms in total. The first kappa shape index (κ1) is 13.0. The molecule has 0 rings (SSSR count). The van der Waals surface area contributed by atoms with Gasteiger partial charge in [-0.25, -0.2) is 0 Å². The maximum absolute atomic E-state index is 11.0. The van der Waals surface area contributed by atoms with E-state index in [2.05, 4.69) is 11.2 Å². The van der Waals surface area contributed by atoms with Gasteiger partial charge in [-0.3, -0.25) is 4.79 Å². The minimum Gasteiger partial charge on any atom is -0.396 e. The maximum Gasteiger partial charge on any atom is 0.220 e. The van der Waals surface area contributed by atoms with E-state index in [1.807, 2.05) is 0 Å². The Labute approximate surface area is 85.9 Å². The second kappa shape index (κ2) is 10.1. The molecule has 0 radical (unpaired) electrons. The zero-order valence-corrected chi connectivity index (χ0v) is 8.59. The molecule has 3 heteroatoms. The molecule has 0 aliphatic rings. The van der Waals surface area contributed by atoms with Crippen molar-refractivity contribution in [2.45, 2.75) is 38.5 Å². The normalized spacial score (nSPS) is 9.43. The van der Waals surface area contributed by atoms with E-state index in [1.54, 1.807) is 0 Å². The van der Waals surface area contributed by atoms with Crippen molar-refractivity contribution in [3.63, 3.8) is 0 Å². The number of hydrogen-bond acceptors (Lipinski definition) is 2. The molecule has 0 aromatic carbocycles. The summed E-state index contributed by atoms with van der Waals surface area (Å²) in [5, 5.41) is 11.3. The first-order chi connectivity index (χ1) is 6.81. The molecular weight excluding hydrogens is 178 g/mol. The van der Waals surface area contributed by atoms with Gasteiger partial charge in [0.15, 0.2) is 0 Å². The number of amides is 1. The van der Waals surface area contributed by atoms with E-state index in [-0.39, 0.29) is 12.5 Å². The van der Waals surface area contributed by atoms with Gasteiger partial charge in [0.1, 0.15) is 0 Å². The lowest BCUT2D eigenvalue weighted by Gasteiger charge is -2.03. The van der Waals surface area contributed by atoms with Crippen molar-refractivity contribution in [2.24, 2.45) is 0 Å². The van der Waals surface area contributed by atoms with Crippen molar-refractivity contribution >= 4 is 5.91 Å². The standard InChI is InChI=1S/C11H19NO2/c1-2-3-8-11(14)12-9-6-4-5-7-10-13/h1,13H,3-10H2,(H,12,14). The van der Waals surface area contributed by atoms with Crippen molar-refractivity contribution in [3.8, 4) is 12.3 Å². The molecule has 0 aliphatic heterocycles. The predicted molar refractivity (Wildman–Crippen MR) is 56.6 cm³/mol. The lowest BCUT2D eigenvalue weighted by atomic mass is 10.2. The van der Waals surface area contributed by atoms with Gasteiger partial charge < -0.3 is 10.4 Å². The van der Waals surface area contributed by atoms with Crippen LogP contribution in [-0.2, 0) is 4.79 Å². The molecule has 0 unspecified atom stereocenters. The molecule has 0 aliphatic carbocycles. The molecule has 0 bridgehead atoms. The smallest absolute Gasteiger partial charge is 0.220 e. The van der Waals surface area contributed by atoms with E-state index in [0.717, 1.165) is 32.2 Å². The minimum atomic E-state index is 0.0325. The number of nitrogens with one attached hydrogen (secondary N) is 1. The van der Waals surface area contributed by atoms with Crippen LogP contribution in [0.1, 0.15) is 38.5 Å². The van der Waals surface area contributed by atoms with Gasteiger partial charge in [0.25, 0.3) is 0 Å². The molecule has 0 aromatic rings. The number of rotatable bonds is 8. The molecular formula is C11H19NO2. The van der Waals surface area contributed by atoms with E-state index in [1.165, 1.54) is 0 Å². The summed E-state index contributed by atoms with van der Waals surface area (Å²) >= 11 is 0. The van der Waals surface area contributed by atoms with E-state index < -0.39 is 0 Å². The van der Waals surface area contributed by atoms with Crippen molar-refractivity contribution in [1.29, 1.82) is 0 Å². The summed E-state index contributed by atoms with van der Waals surface area (Å²) in [5.74, 6) is 2.46. The lowest BCUT2D eigenvalue weighted by Crippen LogP contribution is -2.23. The van der Waals surface area contributed by atoms with Crippen LogP contribution in [0, 0.1) is 12.3 Å². The van der Waals surface area contributed by atoms with Gasteiger partial charge in [0.2, 0.25) is 5.91 Å². The fourth-order valence-corrected chi connectivity index (χ4v) is 1.09. The summed E-state index contributed by atoms with van der Waals surface area (Å²) < 4.78 is 0. The van der Waals surface area contributed by atoms with E-state index in [0.29, 0.717) is 12.8 Å². The number of carbonyl (C=O) groups excluding carboxylic acids is 1. The average molecular weight is 197 g/mol. The highest BCUT2D eigenvalue weighted by molar-refractivity contribution is 5.76. The van der Waals surface area contributed by atoms with Crippen molar-refractivity contribution in [2.75, 3.05) is 13.2 Å². The molecule has 80 valence electrons. The van der Waals surface area contributed by atoms with Crippen LogP contribution >= 0.6 is 0 Å². The summed E-state index contributed by atoms with van der Waals surface area (Å²) in [6, 6.07) is 0. The Morgan fingerprint density at radius 2 is 2.00 bits per heavy atom. The Morgan fingerprint density at radius 1 is 1.29 bits per heavy atom. The second-order valence-corrected chi connectivity index (χ2v) is 3.19. The second-order valence-electron chi connectivity index (χ2n) is 3.19. The molecule has 0 heterocycles. The van der Waals surface area contributed by atoms with Crippen LogP contribution < -0.4 is 5.32 Å². The van der Waals surface area contributed by atoms with E-state index in [9.17, 15) is 4.79 Å². The number of hydrogen-bond donors (Lipinski definition) is 2. The Hall–Kier alpha value is -1.01. The van der Waals surface area contributed by atoms with Crippen LogP contribution in [0.5, 0.6) is 0 Å². The Kier molecular flexibility index (Phi) is 9.35. The fourth-order valence-electron chi connectivity index (χ4n) is 1.09. The molecule has 0 fully saturated rings. The molecule has 0 saturated heterocycles. The van der Waals surface area contributed by atoms with Gasteiger partial charge in [-0.1, -0.05) is 12.8 Å². The van der Waals surface area contributed by atoms with Gasteiger partial charge in [0.05, 0.1) is 0 Å². The molecule has 2 N–H and O–H groups in total. The third-order valence-electron chi connectivity index (χ3n) is 1.90. The van der Waals surface area contributed by atoms with Crippen LogP contribution in [-0.4, -0.2) is 24.2 Å². The largest absolute Gasteiger partial charge is 0.396 e. The third-order valence-corrected chi connectivity index (χ3v) is 1.90. The highest BCUT2D eigenvalue weighted by atomic mass is 16.2. The van der Waals surface area contributed by atoms with E-state index in [4.69, 9.17) is 11.5 Å². The van der Waals surface area contributed by atoms with Gasteiger partial charge in [-0.05, 0) is 12.8 Å². The summed E-state index contributed by atoms with van der Waals surface area (Å²) in [7, 11) is 0. The quantitative estimate of drug-likeness (QED) is 0.451. The van der Waals surface area contributed by atoms with Crippen LogP contribution in [0.3, 0.4) is 0 Å².